The van der Waals surface area contributed by atoms with Gasteiger partial charge in [0.1, 0.15) is 10.8 Å². The highest BCUT2D eigenvalue weighted by Gasteiger charge is 2.36. The number of aromatic nitrogens is 2. The monoisotopic (exact) mass is 456 g/mol. The lowest BCUT2D eigenvalue weighted by molar-refractivity contribution is -0.114. The van der Waals surface area contributed by atoms with Crippen molar-refractivity contribution in [3.63, 3.8) is 0 Å². The number of amides is 1. The SMILES string of the molecule is COc1ccc(-n2c(C)cc(/C=C3/C(=N)N4N=C(c5cccnc5)SC4=NC3=O)c2C)cc1. The standard InChI is InChI=1S/C24H20N6O2S/c1-14-11-17(15(2)29(14)18-6-8-19(32-3)9-7-18)12-20-21(25)30-24(27-22(20)31)33-23(28-30)16-5-4-10-26-13-16/h4-13,25H,1-3H3/b20-12-,25-21?. The van der Waals surface area contributed by atoms with Crippen LogP contribution < -0.4 is 4.74 Å². The second kappa shape index (κ2) is 8.18. The summed E-state index contributed by atoms with van der Waals surface area (Å²) >= 11 is 1.26. The number of hydrogen-bond acceptors (Lipinski definition) is 6. The van der Waals surface area contributed by atoms with Crippen molar-refractivity contribution in [2.45, 2.75) is 13.8 Å². The van der Waals surface area contributed by atoms with Crippen LogP contribution in [-0.2, 0) is 4.79 Å². The van der Waals surface area contributed by atoms with Gasteiger partial charge in [-0.15, -0.1) is 0 Å². The molecule has 1 N–H and O–H groups in total. The predicted octanol–water partition coefficient (Wildman–Crippen LogP) is 4.17. The smallest absolute Gasteiger partial charge is 0.283 e. The number of rotatable bonds is 4. The first-order valence-electron chi connectivity index (χ1n) is 10.2. The van der Waals surface area contributed by atoms with Crippen LogP contribution in [0.4, 0.5) is 0 Å². The van der Waals surface area contributed by atoms with Crippen molar-refractivity contribution >= 4 is 39.8 Å². The second-order valence-corrected chi connectivity index (χ2v) is 8.48. The maximum Gasteiger partial charge on any atom is 0.283 e. The van der Waals surface area contributed by atoms with Gasteiger partial charge in [0, 0.05) is 35.0 Å². The van der Waals surface area contributed by atoms with Crippen LogP contribution in [0.25, 0.3) is 11.8 Å². The number of nitrogens with zero attached hydrogens (tertiary/aromatic N) is 5. The first kappa shape index (κ1) is 20.9. The van der Waals surface area contributed by atoms with Crippen molar-refractivity contribution in [3.8, 4) is 11.4 Å². The van der Waals surface area contributed by atoms with E-state index in [4.69, 9.17) is 10.1 Å². The van der Waals surface area contributed by atoms with E-state index in [1.807, 2.05) is 56.3 Å². The molecule has 1 amide bonds. The summed E-state index contributed by atoms with van der Waals surface area (Å²) in [5.74, 6) is 0.342. The molecule has 0 bridgehead atoms. The van der Waals surface area contributed by atoms with Gasteiger partial charge in [0.2, 0.25) is 5.17 Å². The van der Waals surface area contributed by atoms with E-state index in [1.54, 1.807) is 25.6 Å². The van der Waals surface area contributed by atoms with Crippen molar-refractivity contribution in [1.82, 2.24) is 14.6 Å². The third kappa shape index (κ3) is 3.66. The number of thioether (sulfide) groups is 1. The van der Waals surface area contributed by atoms with Gasteiger partial charge in [0.05, 0.1) is 12.7 Å². The number of hydrogen-bond donors (Lipinski definition) is 1. The van der Waals surface area contributed by atoms with Gasteiger partial charge in [-0.05, 0) is 79.7 Å². The summed E-state index contributed by atoms with van der Waals surface area (Å²) in [5, 5.41) is 15.6. The summed E-state index contributed by atoms with van der Waals surface area (Å²) in [7, 11) is 1.64. The molecule has 4 heterocycles. The Morgan fingerprint density at radius 2 is 1.94 bits per heavy atom. The fourth-order valence-electron chi connectivity index (χ4n) is 3.82. The Morgan fingerprint density at radius 3 is 2.64 bits per heavy atom. The van der Waals surface area contributed by atoms with Gasteiger partial charge >= 0.3 is 0 Å². The lowest BCUT2D eigenvalue weighted by atomic mass is 10.1. The van der Waals surface area contributed by atoms with E-state index in [-0.39, 0.29) is 11.4 Å². The molecule has 1 aromatic carbocycles. The molecule has 0 saturated carbocycles. The number of pyridine rings is 1. The zero-order valence-corrected chi connectivity index (χ0v) is 19.1. The molecule has 8 nitrogen and oxygen atoms in total. The molecule has 0 atom stereocenters. The summed E-state index contributed by atoms with van der Waals surface area (Å²) in [6.07, 6.45) is 5.10. The molecule has 0 spiro atoms. The van der Waals surface area contributed by atoms with E-state index >= 15 is 0 Å². The number of amidine groups is 2. The lowest BCUT2D eigenvalue weighted by Crippen LogP contribution is -2.35. The largest absolute Gasteiger partial charge is 0.497 e. The van der Waals surface area contributed by atoms with Crippen molar-refractivity contribution in [1.29, 1.82) is 5.41 Å². The number of ether oxygens (including phenoxy) is 1. The maximum atomic E-state index is 12.8. The molecule has 3 aromatic rings. The minimum absolute atomic E-state index is 0.00522. The molecule has 0 saturated heterocycles. The second-order valence-electron chi connectivity index (χ2n) is 7.53. The number of benzene rings is 1. The summed E-state index contributed by atoms with van der Waals surface area (Å²) in [4.78, 5) is 21.1. The van der Waals surface area contributed by atoms with Crippen LogP contribution in [0.15, 0.2) is 70.5 Å². The van der Waals surface area contributed by atoms with Crippen molar-refractivity contribution in [3.05, 3.63) is 82.9 Å². The van der Waals surface area contributed by atoms with E-state index in [0.29, 0.717) is 10.2 Å². The third-order valence-electron chi connectivity index (χ3n) is 5.46. The number of methoxy groups -OCH3 is 1. The number of carbonyl (C=O) groups excluding carboxylic acids is 1. The highest BCUT2D eigenvalue weighted by atomic mass is 32.2. The average Bonchev–Trinajstić information content (AvgIpc) is 3.38. The van der Waals surface area contributed by atoms with E-state index in [0.717, 1.165) is 34.0 Å². The Hall–Kier alpha value is -3.98. The number of nitrogens with one attached hydrogen (secondary N) is 1. The van der Waals surface area contributed by atoms with Gasteiger partial charge in [0.25, 0.3) is 5.91 Å². The number of aliphatic imine (C=N–C) groups is 1. The number of fused-ring (bicyclic) bond motifs is 1. The van der Waals surface area contributed by atoms with E-state index < -0.39 is 5.91 Å². The van der Waals surface area contributed by atoms with Gasteiger partial charge in [-0.2, -0.15) is 15.1 Å². The van der Waals surface area contributed by atoms with Crippen LogP contribution in [-0.4, -0.2) is 43.6 Å². The fourth-order valence-corrected chi connectivity index (χ4v) is 4.70. The molecule has 0 aliphatic carbocycles. The minimum Gasteiger partial charge on any atom is -0.497 e. The molecule has 33 heavy (non-hydrogen) atoms. The normalized spacial score (nSPS) is 16.7. The van der Waals surface area contributed by atoms with Gasteiger partial charge in [-0.3, -0.25) is 15.2 Å². The lowest BCUT2D eigenvalue weighted by Gasteiger charge is -2.20. The summed E-state index contributed by atoms with van der Waals surface area (Å²) < 4.78 is 7.35. The van der Waals surface area contributed by atoms with E-state index in [1.165, 1.54) is 16.8 Å². The van der Waals surface area contributed by atoms with Gasteiger partial charge in [0.15, 0.2) is 5.84 Å². The van der Waals surface area contributed by atoms with Crippen LogP contribution in [0, 0.1) is 19.3 Å². The Morgan fingerprint density at radius 1 is 1.15 bits per heavy atom. The number of hydrazone groups is 1. The summed E-state index contributed by atoms with van der Waals surface area (Å²) in [6.45, 7) is 3.99. The predicted molar refractivity (Wildman–Crippen MR) is 130 cm³/mol. The Bertz CT molecular complexity index is 1370. The average molecular weight is 457 g/mol. The zero-order valence-electron chi connectivity index (χ0n) is 18.2. The number of aryl methyl sites for hydroxylation is 1. The third-order valence-corrected chi connectivity index (χ3v) is 6.42. The van der Waals surface area contributed by atoms with Crippen molar-refractivity contribution in [2.24, 2.45) is 10.1 Å². The van der Waals surface area contributed by atoms with Crippen LogP contribution in [0.2, 0.25) is 0 Å². The molecule has 5 rings (SSSR count). The van der Waals surface area contributed by atoms with Gasteiger partial charge < -0.3 is 9.30 Å². The van der Waals surface area contributed by atoms with Crippen LogP contribution >= 0.6 is 11.8 Å². The van der Waals surface area contributed by atoms with Gasteiger partial charge in [-0.25, -0.2) is 0 Å². The molecule has 164 valence electrons. The van der Waals surface area contributed by atoms with Crippen LogP contribution in [0.5, 0.6) is 5.75 Å². The highest BCUT2D eigenvalue weighted by molar-refractivity contribution is 8.27. The molecular formula is C24H20N6O2S. The Balaban J connectivity index is 1.50. The van der Waals surface area contributed by atoms with Crippen molar-refractivity contribution < 1.29 is 9.53 Å². The molecule has 0 fully saturated rings. The van der Waals surface area contributed by atoms with E-state index in [9.17, 15) is 4.79 Å². The van der Waals surface area contributed by atoms with Gasteiger partial charge in [-0.1, -0.05) is 0 Å². The zero-order chi connectivity index (χ0) is 23.1. The minimum atomic E-state index is -0.448. The molecular weight excluding hydrogens is 436 g/mol. The molecule has 0 radical (unpaired) electrons. The van der Waals surface area contributed by atoms with Crippen molar-refractivity contribution in [2.75, 3.05) is 7.11 Å². The van der Waals surface area contributed by atoms with E-state index in [2.05, 4.69) is 19.6 Å². The Kier molecular flexibility index (Phi) is 5.18. The molecule has 0 unspecified atom stereocenters. The molecule has 2 aliphatic rings. The fraction of sp³-hybridized carbons (Fsp3) is 0.125. The van der Waals surface area contributed by atoms with Crippen LogP contribution in [0.3, 0.4) is 0 Å². The molecule has 2 aromatic heterocycles. The number of carbonyl (C=O) groups is 1. The van der Waals surface area contributed by atoms with Crippen LogP contribution in [0.1, 0.15) is 22.5 Å². The first-order chi connectivity index (χ1) is 16.0. The highest BCUT2D eigenvalue weighted by Crippen LogP contribution is 2.31. The Labute approximate surface area is 194 Å². The quantitative estimate of drug-likeness (QED) is 0.595. The first-order valence-corrected chi connectivity index (χ1v) is 11.0. The summed E-state index contributed by atoms with van der Waals surface area (Å²) in [5.41, 5.74) is 4.81. The topological polar surface area (TPSA) is 95.9 Å². The molecule has 2 aliphatic heterocycles. The maximum absolute atomic E-state index is 12.8. The molecule has 9 heteroatoms. The summed E-state index contributed by atoms with van der Waals surface area (Å²) in [6, 6.07) is 13.5.